The number of piperidine rings is 1. The first-order valence-corrected chi connectivity index (χ1v) is 9.18. The van der Waals surface area contributed by atoms with Gasteiger partial charge in [0.2, 0.25) is 5.75 Å². The van der Waals surface area contributed by atoms with E-state index in [-0.39, 0.29) is 11.9 Å². The predicted octanol–water partition coefficient (Wildman–Crippen LogP) is 2.61. The van der Waals surface area contributed by atoms with E-state index in [0.29, 0.717) is 48.6 Å². The van der Waals surface area contributed by atoms with E-state index in [4.69, 9.17) is 14.2 Å². The summed E-state index contributed by atoms with van der Waals surface area (Å²) in [4.78, 5) is 12.7. The molecule has 140 valence electrons. The Labute approximate surface area is 150 Å². The largest absolute Gasteiger partial charge is 0.490 e. The van der Waals surface area contributed by atoms with Crippen LogP contribution in [0.25, 0.3) is 0 Å². The number of rotatable bonds is 8. The molecular weight excluding hydrogens is 320 g/mol. The van der Waals surface area contributed by atoms with Gasteiger partial charge in [0.05, 0.1) is 19.8 Å². The van der Waals surface area contributed by atoms with Crippen molar-refractivity contribution in [1.82, 2.24) is 10.6 Å². The van der Waals surface area contributed by atoms with Gasteiger partial charge in [0.1, 0.15) is 0 Å². The van der Waals surface area contributed by atoms with Gasteiger partial charge in [-0.05, 0) is 51.8 Å². The van der Waals surface area contributed by atoms with Gasteiger partial charge in [0.15, 0.2) is 11.5 Å². The van der Waals surface area contributed by atoms with Crippen LogP contribution in [0.4, 0.5) is 0 Å². The third kappa shape index (κ3) is 5.01. The third-order valence-electron chi connectivity index (χ3n) is 4.32. The normalized spacial score (nSPS) is 20.0. The fourth-order valence-electron chi connectivity index (χ4n) is 2.95. The number of carbonyl (C=O) groups is 1. The van der Waals surface area contributed by atoms with E-state index in [0.717, 1.165) is 19.5 Å². The Morgan fingerprint density at radius 3 is 2.24 bits per heavy atom. The molecule has 0 aliphatic carbocycles. The highest BCUT2D eigenvalue weighted by Crippen LogP contribution is 2.39. The van der Waals surface area contributed by atoms with Gasteiger partial charge in [-0.1, -0.05) is 6.92 Å². The summed E-state index contributed by atoms with van der Waals surface area (Å²) in [7, 11) is 0. The zero-order valence-corrected chi connectivity index (χ0v) is 15.7. The zero-order valence-electron chi connectivity index (χ0n) is 15.7. The summed E-state index contributed by atoms with van der Waals surface area (Å²) in [6, 6.07) is 3.58. The maximum Gasteiger partial charge on any atom is 0.251 e. The van der Waals surface area contributed by atoms with Crippen molar-refractivity contribution < 1.29 is 19.0 Å². The molecule has 2 rings (SSSR count). The van der Waals surface area contributed by atoms with E-state index in [2.05, 4.69) is 17.6 Å². The topological polar surface area (TPSA) is 68.8 Å². The Morgan fingerprint density at radius 1 is 1.12 bits per heavy atom. The Hall–Kier alpha value is -1.95. The lowest BCUT2D eigenvalue weighted by atomic mass is 9.94. The molecule has 1 saturated heterocycles. The van der Waals surface area contributed by atoms with Crippen LogP contribution in [0.2, 0.25) is 0 Å². The number of hydrogen-bond acceptors (Lipinski definition) is 5. The van der Waals surface area contributed by atoms with E-state index in [1.54, 1.807) is 12.1 Å². The summed E-state index contributed by atoms with van der Waals surface area (Å²) in [5.74, 6) is 1.96. The summed E-state index contributed by atoms with van der Waals surface area (Å²) >= 11 is 0. The van der Waals surface area contributed by atoms with E-state index in [1.165, 1.54) is 0 Å². The van der Waals surface area contributed by atoms with Crippen molar-refractivity contribution in [1.29, 1.82) is 0 Å². The van der Waals surface area contributed by atoms with Gasteiger partial charge in [-0.3, -0.25) is 4.79 Å². The molecule has 0 bridgehead atoms. The third-order valence-corrected chi connectivity index (χ3v) is 4.32. The van der Waals surface area contributed by atoms with Crippen LogP contribution in [0.5, 0.6) is 17.2 Å². The number of nitrogens with one attached hydrogen (secondary N) is 2. The van der Waals surface area contributed by atoms with Crippen molar-refractivity contribution in [2.75, 3.05) is 32.9 Å². The first-order chi connectivity index (χ1) is 12.1. The zero-order chi connectivity index (χ0) is 18.2. The summed E-state index contributed by atoms with van der Waals surface area (Å²) < 4.78 is 17.0. The molecule has 0 spiro atoms. The molecule has 1 aliphatic heterocycles. The maximum atomic E-state index is 12.7. The number of ether oxygens (including phenoxy) is 3. The first kappa shape index (κ1) is 19.4. The average molecular weight is 350 g/mol. The first-order valence-electron chi connectivity index (χ1n) is 9.18. The number of hydrogen-bond donors (Lipinski definition) is 2. The summed E-state index contributed by atoms with van der Waals surface area (Å²) in [6.45, 7) is 11.1. The SMILES string of the molecule is CCOc1cc(C(=O)NC2CNCCC2C)cc(OCC)c1OCC. The Kier molecular flexibility index (Phi) is 7.37. The van der Waals surface area contributed by atoms with Crippen molar-refractivity contribution in [2.24, 2.45) is 5.92 Å². The van der Waals surface area contributed by atoms with Crippen LogP contribution < -0.4 is 24.8 Å². The van der Waals surface area contributed by atoms with Crippen LogP contribution in [0.1, 0.15) is 44.5 Å². The van der Waals surface area contributed by atoms with E-state index in [1.807, 2.05) is 20.8 Å². The molecule has 1 amide bonds. The smallest absolute Gasteiger partial charge is 0.251 e. The minimum Gasteiger partial charge on any atom is -0.490 e. The number of carbonyl (C=O) groups excluding carboxylic acids is 1. The van der Waals surface area contributed by atoms with Gasteiger partial charge in [0.25, 0.3) is 5.91 Å². The molecule has 1 aliphatic rings. The van der Waals surface area contributed by atoms with Gasteiger partial charge in [-0.25, -0.2) is 0 Å². The fraction of sp³-hybridized carbons (Fsp3) is 0.632. The number of benzene rings is 1. The molecule has 1 fully saturated rings. The summed E-state index contributed by atoms with van der Waals surface area (Å²) in [6.07, 6.45) is 1.06. The Balaban J connectivity index is 2.27. The van der Waals surface area contributed by atoms with Gasteiger partial charge in [-0.15, -0.1) is 0 Å². The molecule has 2 N–H and O–H groups in total. The Bertz CT molecular complexity index is 550. The van der Waals surface area contributed by atoms with Crippen LogP contribution in [0, 0.1) is 5.92 Å². The van der Waals surface area contributed by atoms with E-state index >= 15 is 0 Å². The monoisotopic (exact) mass is 350 g/mol. The fourth-order valence-corrected chi connectivity index (χ4v) is 2.95. The summed E-state index contributed by atoms with van der Waals surface area (Å²) in [5.41, 5.74) is 0.521. The van der Waals surface area contributed by atoms with Crippen molar-refractivity contribution in [3.8, 4) is 17.2 Å². The molecule has 1 aromatic rings. The molecule has 0 saturated carbocycles. The van der Waals surface area contributed by atoms with Crippen molar-refractivity contribution >= 4 is 5.91 Å². The maximum absolute atomic E-state index is 12.7. The van der Waals surface area contributed by atoms with Crippen LogP contribution >= 0.6 is 0 Å². The van der Waals surface area contributed by atoms with E-state index < -0.39 is 0 Å². The standard InChI is InChI=1S/C19H30N2O4/c1-5-23-16-10-14(11-17(24-6-2)18(16)25-7-3)19(22)21-15-12-20-9-8-13(15)4/h10-11,13,15,20H,5-9,12H2,1-4H3,(H,21,22). The molecule has 0 radical (unpaired) electrons. The lowest BCUT2D eigenvalue weighted by Crippen LogP contribution is -2.50. The van der Waals surface area contributed by atoms with Gasteiger partial charge in [-0.2, -0.15) is 0 Å². The highest BCUT2D eigenvalue weighted by Gasteiger charge is 2.24. The second-order valence-corrected chi connectivity index (χ2v) is 6.15. The predicted molar refractivity (Wildman–Crippen MR) is 97.9 cm³/mol. The molecule has 0 aromatic heterocycles. The molecule has 6 heteroatoms. The van der Waals surface area contributed by atoms with Gasteiger partial charge in [0, 0.05) is 18.2 Å². The molecule has 1 heterocycles. The average Bonchev–Trinajstić information content (AvgIpc) is 2.60. The highest BCUT2D eigenvalue weighted by atomic mass is 16.5. The van der Waals surface area contributed by atoms with Gasteiger partial charge < -0.3 is 24.8 Å². The van der Waals surface area contributed by atoms with Crippen molar-refractivity contribution in [3.05, 3.63) is 17.7 Å². The minimum atomic E-state index is -0.120. The quantitative estimate of drug-likeness (QED) is 0.754. The van der Waals surface area contributed by atoms with Crippen LogP contribution in [-0.2, 0) is 0 Å². The van der Waals surface area contributed by atoms with Gasteiger partial charge >= 0.3 is 0 Å². The minimum absolute atomic E-state index is 0.120. The second kappa shape index (κ2) is 9.51. The van der Waals surface area contributed by atoms with Crippen LogP contribution in [0.15, 0.2) is 12.1 Å². The second-order valence-electron chi connectivity index (χ2n) is 6.15. The highest BCUT2D eigenvalue weighted by molar-refractivity contribution is 5.95. The molecular formula is C19H30N2O4. The van der Waals surface area contributed by atoms with E-state index in [9.17, 15) is 4.79 Å². The summed E-state index contributed by atoms with van der Waals surface area (Å²) in [5, 5.41) is 6.45. The lowest BCUT2D eigenvalue weighted by Gasteiger charge is -2.30. The molecule has 25 heavy (non-hydrogen) atoms. The Morgan fingerprint density at radius 2 is 1.72 bits per heavy atom. The molecule has 1 aromatic carbocycles. The van der Waals surface area contributed by atoms with Crippen LogP contribution in [-0.4, -0.2) is 44.9 Å². The number of amides is 1. The van der Waals surface area contributed by atoms with Crippen LogP contribution in [0.3, 0.4) is 0 Å². The molecule has 2 atom stereocenters. The molecule has 2 unspecified atom stereocenters. The lowest BCUT2D eigenvalue weighted by molar-refractivity contribution is 0.0914. The van der Waals surface area contributed by atoms with Crippen molar-refractivity contribution in [2.45, 2.75) is 40.2 Å². The van der Waals surface area contributed by atoms with Crippen molar-refractivity contribution in [3.63, 3.8) is 0 Å². The molecule has 6 nitrogen and oxygen atoms in total.